The van der Waals surface area contributed by atoms with Crippen LogP contribution in [0.2, 0.25) is 0 Å². The minimum absolute atomic E-state index is 0.0383. The monoisotopic (exact) mass is 550 g/mol. The molecule has 0 saturated carbocycles. The summed E-state index contributed by atoms with van der Waals surface area (Å²) in [5.41, 5.74) is -0.0856. The number of hydrogen-bond acceptors (Lipinski definition) is 10. The molecule has 0 aromatic heterocycles. The van der Waals surface area contributed by atoms with E-state index in [0.29, 0.717) is 6.42 Å². The Bertz CT molecular complexity index is 1180. The molecule has 0 heterocycles. The Hall–Kier alpha value is -3.85. The minimum atomic E-state index is -4.43. The average Bonchev–Trinajstić information content (AvgIpc) is 2.89. The molecule has 0 amide bonds. The van der Waals surface area contributed by atoms with Crippen LogP contribution in [-0.4, -0.2) is 55.5 Å². The summed E-state index contributed by atoms with van der Waals surface area (Å²) >= 11 is 0. The first kappa shape index (κ1) is 30.4. The zero-order chi connectivity index (χ0) is 28.1. The van der Waals surface area contributed by atoms with Gasteiger partial charge in [0, 0.05) is 6.42 Å². The van der Waals surface area contributed by atoms with Gasteiger partial charge in [-0.3, -0.25) is 9.59 Å². The second-order valence-electron chi connectivity index (χ2n) is 7.98. The van der Waals surface area contributed by atoms with Gasteiger partial charge in [0.2, 0.25) is 0 Å². The van der Waals surface area contributed by atoms with E-state index in [9.17, 15) is 23.7 Å². The van der Waals surface area contributed by atoms with Crippen LogP contribution in [0.3, 0.4) is 0 Å². The number of carbonyl (C=O) groups excluding carboxylic acids is 3. The molecular weight excluding hydrogens is 519 g/mol. The van der Waals surface area contributed by atoms with Gasteiger partial charge < -0.3 is 28.4 Å². The minimum Gasteiger partial charge on any atom is -0.481 e. The molecule has 0 aliphatic carbocycles. The van der Waals surface area contributed by atoms with E-state index in [1.54, 1.807) is 19.1 Å². The fraction of sp³-hybridized carbons (Fsp3) is 0.385. The first-order chi connectivity index (χ1) is 18.1. The highest BCUT2D eigenvalue weighted by Crippen LogP contribution is 2.52. The molecule has 11 nitrogen and oxygen atoms in total. The molecule has 0 aliphatic rings. The van der Waals surface area contributed by atoms with Crippen LogP contribution in [0.4, 0.5) is 0 Å². The molecule has 2 unspecified atom stereocenters. The number of carboxylic acid groups (broad SMARTS) is 1. The largest absolute Gasteiger partial charge is 0.481 e. The van der Waals surface area contributed by atoms with Gasteiger partial charge in [-0.15, -0.1) is 0 Å². The average molecular weight is 550 g/mol. The Morgan fingerprint density at radius 3 is 1.87 bits per heavy atom. The number of carboxylic acids is 1. The summed E-state index contributed by atoms with van der Waals surface area (Å²) in [4.78, 5) is 48.7. The predicted molar refractivity (Wildman–Crippen MR) is 136 cm³/mol. The fourth-order valence-corrected chi connectivity index (χ4v) is 5.30. The summed E-state index contributed by atoms with van der Waals surface area (Å²) in [5, 5.41) is 9.12. The topological polar surface area (TPSA) is 152 Å². The summed E-state index contributed by atoms with van der Waals surface area (Å²) in [6.07, 6.45) is -0.675. The SMILES string of the molecule is CCCOC(=O)c1ccccc1OP(=O)(CC(CCC(=O)O)C(=O)OC)Oc1ccccc1C(=O)OCC. The molecule has 0 saturated heterocycles. The molecule has 2 rings (SSSR count). The van der Waals surface area contributed by atoms with Crippen molar-refractivity contribution in [3.8, 4) is 11.5 Å². The van der Waals surface area contributed by atoms with E-state index >= 15 is 0 Å². The predicted octanol–water partition coefficient (Wildman–Crippen LogP) is 4.74. The number of carbonyl (C=O) groups is 4. The number of aliphatic carboxylic acids is 1. The van der Waals surface area contributed by atoms with Crippen LogP contribution in [0, 0.1) is 5.92 Å². The summed E-state index contributed by atoms with van der Waals surface area (Å²) < 4.78 is 40.8. The third kappa shape index (κ3) is 8.92. The number of para-hydroxylation sites is 2. The molecule has 0 spiro atoms. The van der Waals surface area contributed by atoms with Crippen molar-refractivity contribution < 1.29 is 52.1 Å². The zero-order valence-corrected chi connectivity index (χ0v) is 22.3. The highest BCUT2D eigenvalue weighted by Gasteiger charge is 2.38. The molecule has 2 aromatic carbocycles. The quantitative estimate of drug-likeness (QED) is 0.186. The molecule has 2 aromatic rings. The van der Waals surface area contributed by atoms with Crippen molar-refractivity contribution in [1.82, 2.24) is 0 Å². The molecular formula is C26H31O11P. The van der Waals surface area contributed by atoms with Crippen molar-refractivity contribution in [3.05, 3.63) is 59.7 Å². The van der Waals surface area contributed by atoms with Gasteiger partial charge in [0.05, 0.1) is 32.4 Å². The van der Waals surface area contributed by atoms with Crippen molar-refractivity contribution >= 4 is 31.5 Å². The van der Waals surface area contributed by atoms with Gasteiger partial charge in [-0.1, -0.05) is 31.2 Å². The van der Waals surface area contributed by atoms with Crippen LogP contribution in [0.25, 0.3) is 0 Å². The van der Waals surface area contributed by atoms with Crippen LogP contribution in [0.5, 0.6) is 11.5 Å². The van der Waals surface area contributed by atoms with Gasteiger partial charge in [0.15, 0.2) is 0 Å². The summed E-state index contributed by atoms with van der Waals surface area (Å²) in [5.74, 6) is -4.96. The highest BCUT2D eigenvalue weighted by atomic mass is 31.2. The van der Waals surface area contributed by atoms with Gasteiger partial charge in [-0.2, -0.15) is 0 Å². The second-order valence-corrected chi connectivity index (χ2v) is 9.93. The van der Waals surface area contributed by atoms with E-state index in [1.165, 1.54) is 36.4 Å². The van der Waals surface area contributed by atoms with Crippen LogP contribution in [0.1, 0.15) is 53.8 Å². The number of esters is 3. The first-order valence-corrected chi connectivity index (χ1v) is 13.7. The van der Waals surface area contributed by atoms with Gasteiger partial charge in [0.25, 0.3) is 0 Å². The van der Waals surface area contributed by atoms with Gasteiger partial charge in [-0.05, 0) is 44.0 Å². The number of benzene rings is 2. The lowest BCUT2D eigenvalue weighted by Gasteiger charge is -2.25. The van der Waals surface area contributed by atoms with Gasteiger partial charge in [-0.25, -0.2) is 14.2 Å². The fourth-order valence-electron chi connectivity index (χ4n) is 3.32. The Kier molecular flexibility index (Phi) is 11.8. The number of methoxy groups -OCH3 is 1. The summed E-state index contributed by atoms with van der Waals surface area (Å²) in [6, 6.07) is 11.7. The van der Waals surface area contributed by atoms with Crippen LogP contribution < -0.4 is 9.05 Å². The van der Waals surface area contributed by atoms with E-state index in [-0.39, 0.29) is 42.3 Å². The zero-order valence-electron chi connectivity index (χ0n) is 21.4. The molecule has 0 fully saturated rings. The lowest BCUT2D eigenvalue weighted by molar-refractivity contribution is -0.145. The highest BCUT2D eigenvalue weighted by molar-refractivity contribution is 7.54. The van der Waals surface area contributed by atoms with Crippen LogP contribution in [-0.2, 0) is 28.4 Å². The lowest BCUT2D eigenvalue weighted by atomic mass is 10.1. The summed E-state index contributed by atoms with van der Waals surface area (Å²) in [6.45, 7) is 3.66. The lowest BCUT2D eigenvalue weighted by Crippen LogP contribution is -2.24. The number of rotatable bonds is 15. The molecule has 0 bridgehead atoms. The molecule has 206 valence electrons. The molecule has 2 atom stereocenters. The second kappa shape index (κ2) is 14.8. The smallest absolute Gasteiger partial charge is 0.431 e. The normalized spacial score (nSPS) is 12.9. The Morgan fingerprint density at radius 2 is 1.39 bits per heavy atom. The Morgan fingerprint density at radius 1 is 0.868 bits per heavy atom. The van der Waals surface area contributed by atoms with Crippen LogP contribution >= 0.6 is 7.60 Å². The standard InChI is InChI=1S/C26H31O11P/c1-4-16-35-26(31)20-11-7-9-13-22(20)37-38(32,17-18(24(29)33-3)14-15-23(27)28)36-21-12-8-6-10-19(21)25(30)34-5-2/h6-13,18H,4-5,14-17H2,1-3H3,(H,27,28). The Labute approximate surface area is 220 Å². The molecule has 1 N–H and O–H groups in total. The van der Waals surface area contributed by atoms with Crippen molar-refractivity contribution in [2.45, 2.75) is 33.1 Å². The molecule has 0 radical (unpaired) electrons. The van der Waals surface area contributed by atoms with E-state index in [0.717, 1.165) is 7.11 Å². The van der Waals surface area contributed by atoms with E-state index in [1.807, 2.05) is 6.92 Å². The third-order valence-electron chi connectivity index (χ3n) is 5.09. The van der Waals surface area contributed by atoms with Gasteiger partial charge in [0.1, 0.15) is 22.6 Å². The maximum atomic E-state index is 14.2. The van der Waals surface area contributed by atoms with E-state index < -0.39 is 50.0 Å². The Balaban J connectivity index is 2.54. The number of hydrogen-bond donors (Lipinski definition) is 1. The van der Waals surface area contributed by atoms with E-state index in [4.69, 9.17) is 28.4 Å². The summed E-state index contributed by atoms with van der Waals surface area (Å²) in [7, 11) is -3.32. The van der Waals surface area contributed by atoms with Gasteiger partial charge >= 0.3 is 31.5 Å². The number of ether oxygens (including phenoxy) is 3. The van der Waals surface area contributed by atoms with Crippen molar-refractivity contribution in [2.24, 2.45) is 5.92 Å². The molecule has 38 heavy (non-hydrogen) atoms. The van der Waals surface area contributed by atoms with Crippen LogP contribution in [0.15, 0.2) is 48.5 Å². The first-order valence-electron chi connectivity index (χ1n) is 11.9. The van der Waals surface area contributed by atoms with Crippen molar-refractivity contribution in [2.75, 3.05) is 26.5 Å². The maximum Gasteiger partial charge on any atom is 0.431 e. The van der Waals surface area contributed by atoms with E-state index in [2.05, 4.69) is 0 Å². The van der Waals surface area contributed by atoms with Crippen molar-refractivity contribution in [1.29, 1.82) is 0 Å². The van der Waals surface area contributed by atoms with Crippen molar-refractivity contribution in [3.63, 3.8) is 0 Å². The molecule has 0 aliphatic heterocycles. The molecule has 12 heteroatoms. The third-order valence-corrected chi connectivity index (χ3v) is 6.92. The maximum absolute atomic E-state index is 14.2.